The molecule has 1 aliphatic rings. The van der Waals surface area contributed by atoms with Crippen molar-refractivity contribution in [3.63, 3.8) is 0 Å². The summed E-state index contributed by atoms with van der Waals surface area (Å²) in [4.78, 5) is 15.9. The van der Waals surface area contributed by atoms with Gasteiger partial charge in [-0.3, -0.25) is 9.69 Å². The van der Waals surface area contributed by atoms with Gasteiger partial charge in [-0.1, -0.05) is 0 Å². The number of nitriles is 1. The van der Waals surface area contributed by atoms with E-state index in [4.69, 9.17) is 5.26 Å². The normalized spacial score (nSPS) is 17.5. The fourth-order valence-electron chi connectivity index (χ4n) is 2.79. The minimum atomic E-state index is -0.0183. The third-order valence-electron chi connectivity index (χ3n) is 4.05. The molecule has 112 valence electrons. The van der Waals surface area contributed by atoms with Gasteiger partial charge >= 0.3 is 0 Å². The van der Waals surface area contributed by atoms with Crippen LogP contribution in [-0.2, 0) is 11.2 Å². The van der Waals surface area contributed by atoms with Crippen LogP contribution >= 0.6 is 11.3 Å². The van der Waals surface area contributed by atoms with Crippen molar-refractivity contribution in [2.24, 2.45) is 0 Å². The number of hydrogen-bond acceptors (Lipinski definition) is 4. The molecule has 22 heavy (non-hydrogen) atoms. The maximum absolute atomic E-state index is 12.2. The molecule has 3 rings (SSSR count). The number of nitrogens with zero attached hydrogens (tertiary/aromatic N) is 2. The molecule has 0 radical (unpaired) electrons. The summed E-state index contributed by atoms with van der Waals surface area (Å²) in [7, 11) is 0. The molecule has 0 aliphatic carbocycles. The minimum absolute atomic E-state index is 0.0183. The molecule has 1 atom stereocenters. The van der Waals surface area contributed by atoms with Gasteiger partial charge in [0, 0.05) is 23.2 Å². The van der Waals surface area contributed by atoms with Gasteiger partial charge in [0.05, 0.1) is 18.2 Å². The Morgan fingerprint density at radius 1 is 1.41 bits per heavy atom. The summed E-state index contributed by atoms with van der Waals surface area (Å²) in [6.07, 6.45) is 1.02. The highest BCUT2D eigenvalue weighted by atomic mass is 32.1. The number of anilines is 1. The first-order chi connectivity index (χ1) is 10.7. The van der Waals surface area contributed by atoms with E-state index >= 15 is 0 Å². The van der Waals surface area contributed by atoms with E-state index < -0.39 is 0 Å². The van der Waals surface area contributed by atoms with Crippen molar-refractivity contribution in [3.05, 3.63) is 51.7 Å². The van der Waals surface area contributed by atoms with Crippen LogP contribution in [0.1, 0.15) is 29.0 Å². The van der Waals surface area contributed by atoms with Gasteiger partial charge in [0.15, 0.2) is 0 Å². The van der Waals surface area contributed by atoms with Gasteiger partial charge in [0.25, 0.3) is 0 Å². The molecule has 1 aliphatic heterocycles. The highest BCUT2D eigenvalue weighted by Gasteiger charge is 2.25. The predicted molar refractivity (Wildman–Crippen MR) is 87.8 cm³/mol. The van der Waals surface area contributed by atoms with E-state index in [1.807, 2.05) is 0 Å². The molecule has 0 saturated carbocycles. The van der Waals surface area contributed by atoms with E-state index in [1.165, 1.54) is 10.4 Å². The maximum Gasteiger partial charge on any atom is 0.238 e. The summed E-state index contributed by atoms with van der Waals surface area (Å²) < 4.78 is 0. The van der Waals surface area contributed by atoms with Gasteiger partial charge in [-0.05, 0) is 54.6 Å². The zero-order chi connectivity index (χ0) is 15.5. The molecule has 2 heterocycles. The molecule has 1 aromatic carbocycles. The number of benzene rings is 1. The second kappa shape index (κ2) is 6.30. The van der Waals surface area contributed by atoms with Crippen LogP contribution < -0.4 is 5.32 Å². The number of nitrogens with one attached hydrogen (secondary N) is 1. The van der Waals surface area contributed by atoms with Crippen LogP contribution in [0.25, 0.3) is 0 Å². The molecule has 5 heteroatoms. The molecule has 2 aromatic rings. The highest BCUT2D eigenvalue weighted by Crippen LogP contribution is 2.32. The molecule has 0 fully saturated rings. The van der Waals surface area contributed by atoms with Crippen LogP contribution in [0.5, 0.6) is 0 Å². The summed E-state index contributed by atoms with van der Waals surface area (Å²) >= 11 is 1.80. The monoisotopic (exact) mass is 311 g/mol. The van der Waals surface area contributed by atoms with Crippen molar-refractivity contribution in [1.82, 2.24) is 4.90 Å². The lowest BCUT2D eigenvalue weighted by Gasteiger charge is -2.32. The van der Waals surface area contributed by atoms with Gasteiger partial charge < -0.3 is 5.32 Å². The quantitative estimate of drug-likeness (QED) is 0.947. The molecule has 1 N–H and O–H groups in total. The summed E-state index contributed by atoms with van der Waals surface area (Å²) in [5.74, 6) is -0.0183. The van der Waals surface area contributed by atoms with Gasteiger partial charge in [-0.25, -0.2) is 0 Å². The zero-order valence-corrected chi connectivity index (χ0v) is 13.2. The van der Waals surface area contributed by atoms with Gasteiger partial charge in [-0.2, -0.15) is 5.26 Å². The number of carbonyl (C=O) groups excluding carboxylic acids is 1. The fraction of sp³-hybridized carbons (Fsp3) is 0.294. The Bertz CT molecular complexity index is 714. The molecular weight excluding hydrogens is 294 g/mol. The summed E-state index contributed by atoms with van der Waals surface area (Å²) in [6, 6.07) is 11.4. The lowest BCUT2D eigenvalue weighted by atomic mass is 10.0. The third kappa shape index (κ3) is 3.03. The number of carbonyl (C=O) groups is 1. The van der Waals surface area contributed by atoms with E-state index in [0.29, 0.717) is 12.1 Å². The SMILES string of the molecule is C[C@H]1c2ccsc2CCN1CC(=O)Nc1ccc(C#N)cc1. The Morgan fingerprint density at radius 3 is 2.91 bits per heavy atom. The summed E-state index contributed by atoms with van der Waals surface area (Å²) in [5, 5.41) is 13.8. The molecule has 1 amide bonds. The van der Waals surface area contributed by atoms with E-state index in [9.17, 15) is 4.79 Å². The maximum atomic E-state index is 12.2. The summed E-state index contributed by atoms with van der Waals surface area (Å²) in [6.45, 7) is 3.45. The molecule has 0 bridgehead atoms. The lowest BCUT2D eigenvalue weighted by molar-refractivity contribution is -0.117. The molecule has 1 aromatic heterocycles. The van der Waals surface area contributed by atoms with Crippen LogP contribution in [0.15, 0.2) is 35.7 Å². The molecule has 4 nitrogen and oxygen atoms in total. The topological polar surface area (TPSA) is 56.1 Å². The van der Waals surface area contributed by atoms with Crippen molar-refractivity contribution in [3.8, 4) is 6.07 Å². The van der Waals surface area contributed by atoms with Crippen LogP contribution in [0, 0.1) is 11.3 Å². The average molecular weight is 311 g/mol. The Morgan fingerprint density at radius 2 is 2.18 bits per heavy atom. The van der Waals surface area contributed by atoms with Crippen LogP contribution in [0.2, 0.25) is 0 Å². The number of hydrogen-bond donors (Lipinski definition) is 1. The molecule has 0 unspecified atom stereocenters. The predicted octanol–water partition coefficient (Wildman–Crippen LogP) is 3.18. The number of thiophene rings is 1. The third-order valence-corrected chi connectivity index (χ3v) is 5.04. The van der Waals surface area contributed by atoms with E-state index in [0.717, 1.165) is 18.7 Å². The van der Waals surface area contributed by atoms with Crippen LogP contribution in [0.4, 0.5) is 5.69 Å². The Hall–Kier alpha value is -2.16. The smallest absolute Gasteiger partial charge is 0.238 e. The zero-order valence-electron chi connectivity index (χ0n) is 12.4. The number of rotatable bonds is 3. The second-order valence-electron chi connectivity index (χ2n) is 5.43. The van der Waals surface area contributed by atoms with E-state index in [1.54, 1.807) is 35.6 Å². The van der Waals surface area contributed by atoms with Crippen molar-refractivity contribution in [2.45, 2.75) is 19.4 Å². The van der Waals surface area contributed by atoms with Crippen molar-refractivity contribution >= 4 is 22.9 Å². The first kappa shape index (κ1) is 14.8. The largest absolute Gasteiger partial charge is 0.325 e. The van der Waals surface area contributed by atoms with Gasteiger partial charge in [0.1, 0.15) is 0 Å². The average Bonchev–Trinajstić information content (AvgIpc) is 3.00. The fourth-order valence-corrected chi connectivity index (χ4v) is 3.75. The van der Waals surface area contributed by atoms with E-state index in [-0.39, 0.29) is 11.9 Å². The van der Waals surface area contributed by atoms with Crippen molar-refractivity contribution in [1.29, 1.82) is 5.26 Å². The lowest BCUT2D eigenvalue weighted by Crippen LogP contribution is -2.39. The highest BCUT2D eigenvalue weighted by molar-refractivity contribution is 7.10. The van der Waals surface area contributed by atoms with Gasteiger partial charge in [-0.15, -0.1) is 11.3 Å². The molecular formula is C17H17N3OS. The minimum Gasteiger partial charge on any atom is -0.325 e. The molecule has 0 spiro atoms. The van der Waals surface area contributed by atoms with Crippen molar-refractivity contribution in [2.75, 3.05) is 18.4 Å². The number of fused-ring (bicyclic) bond motifs is 1. The Labute approximate surface area is 134 Å². The first-order valence-electron chi connectivity index (χ1n) is 7.27. The first-order valence-corrected chi connectivity index (χ1v) is 8.15. The Kier molecular flexibility index (Phi) is 4.23. The molecule has 0 saturated heterocycles. The summed E-state index contributed by atoms with van der Waals surface area (Å²) in [5.41, 5.74) is 2.67. The standard InChI is InChI=1S/C17H17N3OS/c1-12-15-7-9-22-16(15)6-8-20(12)11-17(21)19-14-4-2-13(10-18)3-5-14/h2-5,7,9,12H,6,8,11H2,1H3,(H,19,21)/t12-/m0/s1. The van der Waals surface area contributed by atoms with Crippen LogP contribution in [0.3, 0.4) is 0 Å². The van der Waals surface area contributed by atoms with Gasteiger partial charge in [0.2, 0.25) is 5.91 Å². The second-order valence-corrected chi connectivity index (χ2v) is 6.43. The van der Waals surface area contributed by atoms with Crippen molar-refractivity contribution < 1.29 is 4.79 Å². The Balaban J connectivity index is 1.61. The van der Waals surface area contributed by atoms with E-state index in [2.05, 4.69) is 34.7 Å². The van der Waals surface area contributed by atoms with Crippen LogP contribution in [-0.4, -0.2) is 23.9 Å². The number of amides is 1.